The number of aromatic nitrogens is 18. The number of pyridine rings is 9. The third-order valence-corrected chi connectivity index (χ3v) is 25.6. The van der Waals surface area contributed by atoms with Crippen molar-refractivity contribution in [2.75, 3.05) is 57.2 Å². The van der Waals surface area contributed by atoms with Crippen LogP contribution >= 0.6 is 0 Å². The summed E-state index contributed by atoms with van der Waals surface area (Å²) in [5.74, 6) is 10.4. The molecule has 0 saturated carbocycles. The summed E-state index contributed by atoms with van der Waals surface area (Å²) in [4.78, 5) is 89.1. The maximum absolute atomic E-state index is 5.71. The van der Waals surface area contributed by atoms with E-state index in [0.717, 1.165) is 152 Å². The predicted molar refractivity (Wildman–Crippen MR) is 530 cm³/mol. The molecule has 23 heterocycles. The number of anilines is 18. The van der Waals surface area contributed by atoms with Gasteiger partial charge in [0.05, 0.1) is 67.2 Å². The van der Waals surface area contributed by atoms with Gasteiger partial charge in [-0.3, -0.25) is 28.1 Å². The van der Waals surface area contributed by atoms with E-state index in [1.807, 2.05) is 55.0 Å². The highest BCUT2D eigenvalue weighted by atomic mass is 15.6. The fourth-order valence-electron chi connectivity index (χ4n) is 20.9. The Morgan fingerprint density at radius 2 is 0.341 bits per heavy atom. The summed E-state index contributed by atoms with van der Waals surface area (Å²) in [6.45, 7) is 0. The van der Waals surface area contributed by atoms with Crippen LogP contribution in [0.2, 0.25) is 0 Å². The summed E-state index contributed by atoms with van der Waals surface area (Å²) in [7, 11) is -3.31. The molecule has 2 fully saturated rings. The summed E-state index contributed by atoms with van der Waals surface area (Å²) in [5.41, 5.74) is 11.8. The van der Waals surface area contributed by atoms with Gasteiger partial charge < -0.3 is 42.8 Å². The average molecular weight is 1710 g/mol. The second-order valence-electron chi connectivity index (χ2n) is 32.1. The molecule has 2 saturated heterocycles. The Morgan fingerprint density at radius 3 is 0.561 bits per heavy atom. The van der Waals surface area contributed by atoms with Crippen molar-refractivity contribution in [3.8, 4) is 17.5 Å². The topological polar surface area (TPSA) is 247 Å². The second-order valence-corrected chi connectivity index (χ2v) is 32.1. The van der Waals surface area contributed by atoms with Gasteiger partial charge in [0.25, 0.3) is 0 Å². The van der Waals surface area contributed by atoms with E-state index in [-0.39, 0.29) is 22.3 Å². The van der Waals surface area contributed by atoms with Gasteiger partial charge in [0.1, 0.15) is 69.8 Å². The Morgan fingerprint density at radius 1 is 0.159 bits per heavy atom. The Kier molecular flexibility index (Phi) is 17.3. The molecule has 8 aliphatic rings. The number of rotatable bonds is 9. The lowest BCUT2D eigenvalue weighted by atomic mass is 9.55. The Balaban J connectivity index is 0.000000165. The molecular formula is C96H72B6N30. The summed E-state index contributed by atoms with van der Waals surface area (Å²) in [5, 5.41) is 6.98. The van der Waals surface area contributed by atoms with Crippen LogP contribution in [0.25, 0.3) is 82.9 Å². The molecule has 0 spiro atoms. The standard InChI is InChI=1S/C66H42B3N15.C27H18B3N15.3CH4/c1-7-25-49-43(19-1)44-20-2-8-26-50(44)76(49)58-34-13-37-61(73-58)79-64-55(31-16-40-70-64)82-67(79)83-56-32-17-41-71-65(56)80(62-38-14-35-59(74-62)77-51-27-9-3-21-45(51)46-22-4-10-28-52(46)77)69(83)84-57-33-18-42-72-66(57)81(68(82)84)63-39-15-36-60(75-63)78-53-29-11-5-23-47(53)48-24-6-12-30-54(48)78;1-7-19-22(31-10-1)40(25-34-13-4-14-35-25)28-43(19)29-41(26-36-15-5-16-37-26)23-20(8-2-11-32-23)45(29)30-42(27-38-17-6-18-39-27)24-21(44(28)30)9-3-12-33-24;;;/h1-42H;1-18H;3*1H4. The molecule has 0 bridgehead atoms. The molecule has 30 nitrogen and oxygen atoms in total. The molecule has 15 aromatic heterocycles. The zero-order valence-electron chi connectivity index (χ0n) is 68.0. The van der Waals surface area contributed by atoms with E-state index in [1.165, 1.54) is 0 Å². The zero-order valence-corrected chi connectivity index (χ0v) is 68.0. The maximum Gasteiger partial charge on any atom is 0.493 e. The molecule has 132 heavy (non-hydrogen) atoms. The lowest BCUT2D eigenvalue weighted by molar-refractivity contribution is 1.06. The predicted octanol–water partition coefficient (Wildman–Crippen LogP) is 18.0. The average Bonchev–Trinajstić information content (AvgIpc) is 1.51. The Hall–Kier alpha value is -17.7. The van der Waals surface area contributed by atoms with E-state index >= 15 is 0 Å². The van der Waals surface area contributed by atoms with E-state index in [9.17, 15) is 0 Å². The first-order valence-corrected chi connectivity index (χ1v) is 42.5. The first-order valence-electron chi connectivity index (χ1n) is 42.5. The molecule has 0 aliphatic carbocycles. The summed E-state index contributed by atoms with van der Waals surface area (Å²) in [6.07, 6.45) is 21.4. The summed E-state index contributed by atoms with van der Waals surface area (Å²) >= 11 is 0. The first kappa shape index (κ1) is 76.7. The lowest BCUT2D eigenvalue weighted by Gasteiger charge is -2.50. The van der Waals surface area contributed by atoms with Gasteiger partial charge in [0.2, 0.25) is 17.8 Å². The van der Waals surface area contributed by atoms with E-state index in [4.69, 9.17) is 74.8 Å². The normalized spacial score (nSPS) is 14.4. The minimum Gasteiger partial charge on any atom is -0.381 e. The smallest absolute Gasteiger partial charge is 0.381 e. The Labute approximate surface area is 758 Å². The van der Waals surface area contributed by atoms with Crippen molar-refractivity contribution in [2.24, 2.45) is 0 Å². The number of hydrogen-bond acceptors (Lipinski definition) is 27. The van der Waals surface area contributed by atoms with Crippen LogP contribution in [0.1, 0.15) is 22.3 Å². The number of hydrogen-bond donors (Lipinski definition) is 0. The molecule has 21 aromatic rings. The van der Waals surface area contributed by atoms with Crippen molar-refractivity contribution in [3.63, 3.8) is 0 Å². The summed E-state index contributed by atoms with van der Waals surface area (Å²) < 4.78 is 21.1. The van der Waals surface area contributed by atoms with E-state index in [1.54, 1.807) is 74.0 Å². The molecule has 624 valence electrons. The van der Waals surface area contributed by atoms with Crippen molar-refractivity contribution >= 4 is 212 Å². The number of fused-ring (bicyclic) bond motifs is 33. The van der Waals surface area contributed by atoms with Crippen molar-refractivity contribution in [1.82, 2.24) is 88.5 Å². The minimum atomic E-state index is -0.604. The fraction of sp³-hybridized carbons (Fsp3) is 0.0312. The monoisotopic (exact) mass is 1710 g/mol. The molecule has 6 aromatic carbocycles. The molecule has 0 atom stereocenters. The minimum absolute atomic E-state index is 0. The van der Waals surface area contributed by atoms with Crippen LogP contribution in [0.15, 0.2) is 366 Å². The highest BCUT2D eigenvalue weighted by molar-refractivity contribution is 7.12. The number of para-hydroxylation sites is 6. The summed E-state index contributed by atoms with van der Waals surface area (Å²) in [6, 6.07) is 100. The Bertz CT molecular complexity index is 7240. The lowest BCUT2D eigenvalue weighted by Crippen LogP contribution is -2.84. The first-order chi connectivity index (χ1) is 64.1. The highest BCUT2D eigenvalue weighted by Gasteiger charge is 2.74. The third kappa shape index (κ3) is 10.7. The molecule has 0 unspecified atom stereocenters. The third-order valence-electron chi connectivity index (χ3n) is 25.6. The van der Waals surface area contributed by atoms with Gasteiger partial charge in [-0.05, 0) is 164 Å². The van der Waals surface area contributed by atoms with Gasteiger partial charge >= 0.3 is 42.7 Å². The van der Waals surface area contributed by atoms with Crippen LogP contribution in [0, 0.1) is 0 Å². The van der Waals surface area contributed by atoms with Gasteiger partial charge in [0, 0.05) is 107 Å². The van der Waals surface area contributed by atoms with Crippen molar-refractivity contribution in [1.29, 1.82) is 0 Å². The van der Waals surface area contributed by atoms with Gasteiger partial charge in [0.15, 0.2) is 0 Å². The van der Waals surface area contributed by atoms with Crippen LogP contribution < -0.4 is 57.2 Å². The van der Waals surface area contributed by atoms with Gasteiger partial charge in [-0.15, -0.1) is 0 Å². The largest absolute Gasteiger partial charge is 0.493 e. The molecular weight excluding hydrogens is 1640 g/mol. The fourth-order valence-corrected chi connectivity index (χ4v) is 20.9. The van der Waals surface area contributed by atoms with Crippen LogP contribution in [0.3, 0.4) is 0 Å². The molecule has 0 radical (unpaired) electrons. The SMILES string of the molecule is C.C.C.c1cc(N2B3N(B4N(B5N3c3cccnc3N5c3cccc(-n5c6ccccc6c6ccccc65)n3)c3cccnc3N4c3cccc(-n4c5ccccc5c5ccccc54)n3)c3cccnc32)nc(-n2c3ccccc3c3ccccc32)c1.c1cnc(N2B3N(B4N(B5N3c3cccnc3N5c3ncccn3)c3cccnc3N4c3ncccn3)c3cccnc32)nc1. The van der Waals surface area contributed by atoms with Crippen molar-refractivity contribution in [2.45, 2.75) is 22.3 Å². The van der Waals surface area contributed by atoms with E-state index < -0.39 is 42.7 Å². The van der Waals surface area contributed by atoms with Gasteiger partial charge in [-0.1, -0.05) is 150 Å². The van der Waals surface area contributed by atoms with Crippen molar-refractivity contribution < 1.29 is 0 Å². The van der Waals surface area contributed by atoms with Crippen LogP contribution in [0.5, 0.6) is 0 Å². The molecule has 29 rings (SSSR count). The van der Waals surface area contributed by atoms with Crippen LogP contribution in [-0.2, 0) is 0 Å². The van der Waals surface area contributed by atoms with Gasteiger partial charge in [-0.25, -0.2) is 74.8 Å². The maximum atomic E-state index is 5.71. The zero-order chi connectivity index (χ0) is 84.2. The number of benzene rings is 6. The molecule has 0 amide bonds. The highest BCUT2D eigenvalue weighted by Crippen LogP contribution is 2.59. The molecule has 36 heteroatoms. The van der Waals surface area contributed by atoms with Crippen LogP contribution in [0.4, 0.5) is 104 Å². The van der Waals surface area contributed by atoms with E-state index in [2.05, 4.69) is 307 Å². The second kappa shape index (κ2) is 29.7. The van der Waals surface area contributed by atoms with Crippen molar-refractivity contribution in [3.05, 3.63) is 366 Å². The van der Waals surface area contributed by atoms with E-state index in [0.29, 0.717) is 35.3 Å². The molecule has 8 aliphatic heterocycles. The van der Waals surface area contributed by atoms with Gasteiger partial charge in [-0.2, -0.15) is 0 Å². The molecule has 0 N–H and O–H groups in total. The van der Waals surface area contributed by atoms with Crippen LogP contribution in [-0.4, -0.2) is 131 Å². The quantitative estimate of drug-likeness (QED) is 0.122. The number of nitrogens with zero attached hydrogens (tertiary/aromatic N) is 30.